The van der Waals surface area contributed by atoms with Crippen LogP contribution in [0.1, 0.15) is 37.9 Å². The topological polar surface area (TPSA) is 56.8 Å². The van der Waals surface area contributed by atoms with Crippen molar-refractivity contribution in [3.05, 3.63) is 66.0 Å². The number of carbonyl (C=O) groups is 2. The van der Waals surface area contributed by atoms with Gasteiger partial charge in [-0.25, -0.2) is 4.79 Å². The number of carbonyl (C=O) groups excluding carboxylic acids is 2. The Bertz CT molecular complexity index is 877. The van der Waals surface area contributed by atoms with Gasteiger partial charge in [0.05, 0.1) is 5.69 Å². The largest absolute Gasteiger partial charge is 0.327 e. The van der Waals surface area contributed by atoms with Crippen LogP contribution in [0.2, 0.25) is 0 Å². The summed E-state index contributed by atoms with van der Waals surface area (Å²) in [5.74, 6) is -0.0203. The summed E-state index contributed by atoms with van der Waals surface area (Å²) in [5.41, 5.74) is 1.51. The molecule has 0 bridgehead atoms. The van der Waals surface area contributed by atoms with Crippen molar-refractivity contribution in [2.45, 2.75) is 51.2 Å². The number of urea groups is 1. The molecule has 0 unspecified atom stereocenters. The summed E-state index contributed by atoms with van der Waals surface area (Å²) < 4.78 is 0. The Balaban J connectivity index is 1.51. The molecule has 6 nitrogen and oxygen atoms in total. The molecule has 0 aliphatic carbocycles. The van der Waals surface area contributed by atoms with Gasteiger partial charge in [-0.15, -0.1) is 0 Å². The van der Waals surface area contributed by atoms with E-state index in [4.69, 9.17) is 0 Å². The Kier molecular flexibility index (Phi) is 5.86. The van der Waals surface area contributed by atoms with Crippen molar-refractivity contribution in [3.63, 3.8) is 0 Å². The molecule has 30 heavy (non-hydrogen) atoms. The molecular formula is C24H30N4O2. The van der Waals surface area contributed by atoms with Crippen LogP contribution in [-0.4, -0.2) is 62.8 Å². The van der Waals surface area contributed by atoms with Crippen LogP contribution in [0.4, 0.5) is 4.79 Å². The number of piperidine rings is 1. The zero-order chi connectivity index (χ0) is 21.1. The third-order valence-electron chi connectivity index (χ3n) is 6.35. The van der Waals surface area contributed by atoms with Crippen molar-refractivity contribution in [2.75, 3.05) is 19.6 Å². The first kappa shape index (κ1) is 20.5. The van der Waals surface area contributed by atoms with Crippen LogP contribution in [0.25, 0.3) is 0 Å². The Hall–Kier alpha value is -2.73. The summed E-state index contributed by atoms with van der Waals surface area (Å²) in [6, 6.07) is 15.8. The second-order valence-electron chi connectivity index (χ2n) is 8.57. The minimum absolute atomic E-state index is 0.0203. The van der Waals surface area contributed by atoms with Crippen molar-refractivity contribution < 1.29 is 9.59 Å². The first-order valence-corrected chi connectivity index (χ1v) is 10.8. The van der Waals surface area contributed by atoms with Crippen LogP contribution < -0.4 is 0 Å². The molecule has 0 N–H and O–H groups in total. The Labute approximate surface area is 178 Å². The van der Waals surface area contributed by atoms with Crippen LogP contribution in [0.3, 0.4) is 0 Å². The number of benzene rings is 1. The molecule has 2 aromatic rings. The molecule has 3 heterocycles. The van der Waals surface area contributed by atoms with E-state index in [0.717, 1.165) is 31.7 Å². The number of aromatic nitrogens is 1. The van der Waals surface area contributed by atoms with Gasteiger partial charge in [0.1, 0.15) is 5.54 Å². The molecule has 158 valence electrons. The van der Waals surface area contributed by atoms with Gasteiger partial charge < -0.3 is 4.90 Å². The molecule has 1 aromatic carbocycles. The highest BCUT2D eigenvalue weighted by atomic mass is 16.2. The van der Waals surface area contributed by atoms with E-state index in [-0.39, 0.29) is 18.0 Å². The van der Waals surface area contributed by atoms with Gasteiger partial charge in [0.15, 0.2) is 0 Å². The fraction of sp³-hybridized carbons (Fsp3) is 0.458. The van der Waals surface area contributed by atoms with Gasteiger partial charge in [-0.3, -0.25) is 19.6 Å². The predicted molar refractivity (Wildman–Crippen MR) is 116 cm³/mol. The highest BCUT2D eigenvalue weighted by Crippen LogP contribution is 2.38. The summed E-state index contributed by atoms with van der Waals surface area (Å²) in [7, 11) is 0. The summed E-state index contributed by atoms with van der Waals surface area (Å²) >= 11 is 0. The lowest BCUT2D eigenvalue weighted by atomic mass is 9.85. The lowest BCUT2D eigenvalue weighted by Crippen LogP contribution is -2.57. The van der Waals surface area contributed by atoms with Crippen molar-refractivity contribution in [1.82, 2.24) is 19.7 Å². The van der Waals surface area contributed by atoms with Gasteiger partial charge in [0.2, 0.25) is 0 Å². The molecule has 2 fully saturated rings. The van der Waals surface area contributed by atoms with Crippen molar-refractivity contribution >= 4 is 11.9 Å². The molecule has 2 aliphatic rings. The number of likely N-dealkylation sites (tertiary alicyclic amines) is 1. The first-order valence-electron chi connectivity index (χ1n) is 10.8. The van der Waals surface area contributed by atoms with Gasteiger partial charge >= 0.3 is 6.03 Å². The van der Waals surface area contributed by atoms with Gasteiger partial charge in [-0.05, 0) is 50.8 Å². The average Bonchev–Trinajstić information content (AvgIpc) is 2.96. The highest BCUT2D eigenvalue weighted by molar-refractivity contribution is 6.07. The van der Waals surface area contributed by atoms with Crippen molar-refractivity contribution in [2.24, 2.45) is 0 Å². The zero-order valence-electron chi connectivity index (χ0n) is 17.8. The molecule has 2 saturated heterocycles. The third kappa shape index (κ3) is 3.84. The van der Waals surface area contributed by atoms with Crippen LogP contribution in [-0.2, 0) is 17.8 Å². The monoisotopic (exact) mass is 406 g/mol. The van der Waals surface area contributed by atoms with E-state index in [1.165, 1.54) is 10.5 Å². The molecule has 3 amide bonds. The van der Waals surface area contributed by atoms with E-state index in [1.807, 2.05) is 61.3 Å². The molecule has 0 atom stereocenters. The lowest BCUT2D eigenvalue weighted by Gasteiger charge is -2.42. The SMILES string of the molecule is CC(C)N1C(=O)N(CCc2ccccc2)C2(CCN(Cc3ccccn3)CC2)C1=O. The van der Waals surface area contributed by atoms with Crippen molar-refractivity contribution in [1.29, 1.82) is 0 Å². The molecule has 4 rings (SSSR count). The van der Waals surface area contributed by atoms with E-state index < -0.39 is 5.54 Å². The quantitative estimate of drug-likeness (QED) is 0.691. The van der Waals surface area contributed by atoms with Gasteiger partial charge in [-0.1, -0.05) is 36.4 Å². The number of hydrogen-bond acceptors (Lipinski definition) is 4. The Morgan fingerprint density at radius 1 is 1.00 bits per heavy atom. The van der Waals surface area contributed by atoms with Gasteiger partial charge in [0, 0.05) is 38.4 Å². The van der Waals surface area contributed by atoms with E-state index >= 15 is 0 Å². The molecule has 2 aliphatic heterocycles. The van der Waals surface area contributed by atoms with Crippen molar-refractivity contribution in [3.8, 4) is 0 Å². The summed E-state index contributed by atoms with van der Waals surface area (Å²) in [4.78, 5) is 36.8. The number of hydrogen-bond donors (Lipinski definition) is 0. The average molecular weight is 407 g/mol. The third-order valence-corrected chi connectivity index (χ3v) is 6.35. The van der Waals surface area contributed by atoms with E-state index in [9.17, 15) is 9.59 Å². The maximum atomic E-state index is 13.5. The number of amides is 3. The lowest BCUT2D eigenvalue weighted by molar-refractivity contribution is -0.136. The van der Waals surface area contributed by atoms with Crippen LogP contribution in [0.5, 0.6) is 0 Å². The Morgan fingerprint density at radius 2 is 1.70 bits per heavy atom. The highest BCUT2D eigenvalue weighted by Gasteiger charge is 2.58. The summed E-state index contributed by atoms with van der Waals surface area (Å²) in [6.45, 7) is 6.74. The smallest absolute Gasteiger partial charge is 0.309 e. The molecule has 0 saturated carbocycles. The second kappa shape index (κ2) is 8.56. The number of imide groups is 1. The molecule has 1 spiro atoms. The maximum Gasteiger partial charge on any atom is 0.327 e. The van der Waals surface area contributed by atoms with E-state index in [2.05, 4.69) is 22.0 Å². The Morgan fingerprint density at radius 3 is 2.33 bits per heavy atom. The fourth-order valence-electron chi connectivity index (χ4n) is 4.68. The number of rotatable bonds is 6. The van der Waals surface area contributed by atoms with Crippen LogP contribution in [0, 0.1) is 0 Å². The summed E-state index contributed by atoms with van der Waals surface area (Å²) in [5, 5.41) is 0. The minimum Gasteiger partial charge on any atom is -0.309 e. The fourth-order valence-corrected chi connectivity index (χ4v) is 4.68. The normalized spacial score (nSPS) is 19.3. The van der Waals surface area contributed by atoms with Gasteiger partial charge in [0.25, 0.3) is 5.91 Å². The predicted octanol–water partition coefficient (Wildman–Crippen LogP) is 3.33. The number of nitrogens with zero attached hydrogens (tertiary/aromatic N) is 4. The molecule has 1 aromatic heterocycles. The minimum atomic E-state index is -0.712. The molecule has 6 heteroatoms. The number of pyridine rings is 1. The van der Waals surface area contributed by atoms with Gasteiger partial charge in [-0.2, -0.15) is 0 Å². The van der Waals surface area contributed by atoms with Crippen LogP contribution >= 0.6 is 0 Å². The van der Waals surface area contributed by atoms with Crippen LogP contribution in [0.15, 0.2) is 54.7 Å². The molecular weight excluding hydrogens is 376 g/mol. The van der Waals surface area contributed by atoms with E-state index in [0.29, 0.717) is 19.4 Å². The second-order valence-corrected chi connectivity index (χ2v) is 8.57. The molecule has 0 radical (unpaired) electrons. The summed E-state index contributed by atoms with van der Waals surface area (Å²) in [6.07, 6.45) is 3.90. The first-order chi connectivity index (χ1) is 14.5. The van der Waals surface area contributed by atoms with E-state index in [1.54, 1.807) is 0 Å². The standard InChI is InChI=1S/C24H30N4O2/c1-19(2)28-22(29)24(27(23(28)30)15-11-20-8-4-3-5-9-20)12-16-26(17-13-24)18-21-10-6-7-14-25-21/h3-10,14,19H,11-13,15-18H2,1-2H3. The zero-order valence-corrected chi connectivity index (χ0v) is 17.8. The maximum absolute atomic E-state index is 13.5.